The predicted octanol–water partition coefficient (Wildman–Crippen LogP) is 4.05. The molecule has 150 valence electrons. The van der Waals surface area contributed by atoms with E-state index in [9.17, 15) is 9.18 Å². The summed E-state index contributed by atoms with van der Waals surface area (Å²) in [5.74, 6) is 0.00672. The fourth-order valence-corrected chi connectivity index (χ4v) is 3.89. The monoisotopic (exact) mass is 413 g/mol. The van der Waals surface area contributed by atoms with Gasteiger partial charge in [-0.3, -0.25) is 4.79 Å². The molecule has 0 aliphatic carbocycles. The van der Waals surface area contributed by atoms with Gasteiger partial charge in [0.15, 0.2) is 0 Å². The number of halogens is 1. The number of thiazole rings is 1. The van der Waals surface area contributed by atoms with Gasteiger partial charge in [0.1, 0.15) is 22.3 Å². The molecule has 1 aliphatic rings. The van der Waals surface area contributed by atoms with E-state index in [0.717, 1.165) is 16.3 Å². The molecular formula is C21H20FN3O3S. The Kier molecular flexibility index (Phi) is 5.73. The van der Waals surface area contributed by atoms with Gasteiger partial charge < -0.3 is 19.7 Å². The van der Waals surface area contributed by atoms with Gasteiger partial charge in [-0.25, -0.2) is 9.37 Å². The number of amides is 1. The van der Waals surface area contributed by atoms with E-state index in [0.29, 0.717) is 43.4 Å². The first-order chi connectivity index (χ1) is 14.1. The van der Waals surface area contributed by atoms with E-state index in [1.54, 1.807) is 24.6 Å². The minimum Gasteiger partial charge on any atom is -0.497 e. The van der Waals surface area contributed by atoms with Gasteiger partial charge in [-0.05, 0) is 42.5 Å². The van der Waals surface area contributed by atoms with E-state index in [1.807, 2.05) is 29.2 Å². The smallest absolute Gasteiger partial charge is 0.275 e. The summed E-state index contributed by atoms with van der Waals surface area (Å²) in [6.45, 7) is 2.46. The van der Waals surface area contributed by atoms with Crippen LogP contribution in [-0.4, -0.2) is 44.3 Å². The van der Waals surface area contributed by atoms with Gasteiger partial charge >= 0.3 is 0 Å². The molecule has 1 fully saturated rings. The zero-order chi connectivity index (χ0) is 20.2. The third kappa shape index (κ3) is 4.38. The van der Waals surface area contributed by atoms with Gasteiger partial charge in [0.05, 0.1) is 26.0 Å². The molecule has 0 atom stereocenters. The van der Waals surface area contributed by atoms with Crippen LogP contribution in [0.15, 0.2) is 47.8 Å². The van der Waals surface area contributed by atoms with E-state index in [1.165, 1.54) is 17.4 Å². The fraction of sp³-hybridized carbons (Fsp3) is 0.238. The Morgan fingerprint density at radius 1 is 1.21 bits per heavy atom. The number of hydrogen-bond acceptors (Lipinski definition) is 6. The van der Waals surface area contributed by atoms with E-state index in [-0.39, 0.29) is 11.7 Å². The number of hydrogen-bond donors (Lipinski definition) is 1. The highest BCUT2D eigenvalue weighted by Crippen LogP contribution is 2.27. The Balaban J connectivity index is 1.45. The normalized spacial score (nSPS) is 13.9. The van der Waals surface area contributed by atoms with Crippen molar-refractivity contribution in [3.8, 4) is 16.3 Å². The van der Waals surface area contributed by atoms with Crippen LogP contribution in [0.25, 0.3) is 10.6 Å². The first-order valence-corrected chi connectivity index (χ1v) is 10.1. The van der Waals surface area contributed by atoms with Crippen molar-refractivity contribution in [2.75, 3.05) is 43.6 Å². The summed E-state index contributed by atoms with van der Waals surface area (Å²) < 4.78 is 25.0. The van der Waals surface area contributed by atoms with Gasteiger partial charge in [-0.2, -0.15) is 0 Å². The highest BCUT2D eigenvalue weighted by Gasteiger charge is 2.17. The number of nitrogens with zero attached hydrogens (tertiary/aromatic N) is 2. The summed E-state index contributed by atoms with van der Waals surface area (Å²) in [6.07, 6.45) is 0. The average Bonchev–Trinajstić information content (AvgIpc) is 3.25. The minimum absolute atomic E-state index is 0.290. The maximum atomic E-state index is 14.5. The summed E-state index contributed by atoms with van der Waals surface area (Å²) >= 11 is 1.37. The number of nitrogens with one attached hydrogen (secondary N) is 1. The summed E-state index contributed by atoms with van der Waals surface area (Å²) in [5.41, 5.74) is 2.10. The number of methoxy groups -OCH3 is 1. The van der Waals surface area contributed by atoms with Crippen molar-refractivity contribution in [1.82, 2.24) is 4.98 Å². The lowest BCUT2D eigenvalue weighted by molar-refractivity contribution is 0.102. The van der Waals surface area contributed by atoms with Crippen LogP contribution in [0, 0.1) is 5.82 Å². The van der Waals surface area contributed by atoms with Crippen LogP contribution in [0.5, 0.6) is 5.75 Å². The third-order valence-corrected chi connectivity index (χ3v) is 5.52. The Morgan fingerprint density at radius 3 is 2.66 bits per heavy atom. The molecule has 1 amide bonds. The summed E-state index contributed by atoms with van der Waals surface area (Å²) in [5, 5.41) is 5.13. The van der Waals surface area contributed by atoms with Crippen LogP contribution >= 0.6 is 11.3 Å². The zero-order valence-corrected chi connectivity index (χ0v) is 16.7. The Bertz CT molecular complexity index is 1000. The summed E-state index contributed by atoms with van der Waals surface area (Å²) in [7, 11) is 1.61. The van der Waals surface area contributed by atoms with E-state index >= 15 is 0 Å². The molecular weight excluding hydrogens is 393 g/mol. The fourth-order valence-electron chi connectivity index (χ4n) is 3.08. The molecule has 4 rings (SSSR count). The molecule has 6 nitrogen and oxygen atoms in total. The molecule has 2 aromatic carbocycles. The van der Waals surface area contributed by atoms with Crippen molar-refractivity contribution in [1.29, 1.82) is 0 Å². The van der Waals surface area contributed by atoms with Gasteiger partial charge in [0, 0.05) is 29.7 Å². The first-order valence-electron chi connectivity index (χ1n) is 9.17. The molecule has 1 aromatic heterocycles. The van der Waals surface area contributed by atoms with E-state index < -0.39 is 0 Å². The average molecular weight is 413 g/mol. The van der Waals surface area contributed by atoms with Crippen LogP contribution in [0.3, 0.4) is 0 Å². The third-order valence-electron chi connectivity index (χ3n) is 4.63. The Morgan fingerprint density at radius 2 is 1.97 bits per heavy atom. The number of rotatable bonds is 5. The maximum absolute atomic E-state index is 14.5. The highest BCUT2D eigenvalue weighted by atomic mass is 32.1. The Labute approximate surface area is 171 Å². The number of carbonyl (C=O) groups excluding carboxylic acids is 1. The molecule has 0 radical (unpaired) electrons. The molecule has 2 heterocycles. The van der Waals surface area contributed by atoms with Gasteiger partial charge in [0.2, 0.25) is 0 Å². The molecule has 3 aromatic rings. The standard InChI is InChI=1S/C21H20FN3O3S/c1-27-16-5-2-14(3-6-16)21-24-18(13-29-21)20(26)23-15-4-7-19(17(22)12-15)25-8-10-28-11-9-25/h2-7,12-13H,8-11H2,1H3,(H,23,26). The van der Waals surface area contributed by atoms with Crippen LogP contribution in [0.1, 0.15) is 10.5 Å². The van der Waals surface area contributed by atoms with Gasteiger partial charge in [-0.1, -0.05) is 0 Å². The number of anilines is 2. The number of aromatic nitrogens is 1. The molecule has 0 bridgehead atoms. The first kappa shape index (κ1) is 19.4. The van der Waals surface area contributed by atoms with Crippen LogP contribution in [0.4, 0.5) is 15.8 Å². The lowest BCUT2D eigenvalue weighted by atomic mass is 10.2. The Hall–Kier alpha value is -2.97. The maximum Gasteiger partial charge on any atom is 0.275 e. The summed E-state index contributed by atoms with van der Waals surface area (Å²) in [4.78, 5) is 18.9. The number of ether oxygens (including phenoxy) is 2. The van der Waals surface area contributed by atoms with Crippen molar-refractivity contribution in [2.24, 2.45) is 0 Å². The minimum atomic E-state index is -0.375. The topological polar surface area (TPSA) is 63.7 Å². The SMILES string of the molecule is COc1ccc(-c2nc(C(=O)Nc3ccc(N4CCOCC4)c(F)c3)cs2)cc1. The van der Waals surface area contributed by atoms with Crippen LogP contribution < -0.4 is 15.0 Å². The molecule has 0 saturated carbocycles. The second-order valence-corrected chi connectivity index (χ2v) is 7.34. The van der Waals surface area contributed by atoms with Crippen LogP contribution in [-0.2, 0) is 4.74 Å². The van der Waals surface area contributed by atoms with Crippen molar-refractivity contribution >= 4 is 28.6 Å². The van der Waals surface area contributed by atoms with Crippen molar-refractivity contribution < 1.29 is 18.7 Å². The van der Waals surface area contributed by atoms with Crippen molar-refractivity contribution in [2.45, 2.75) is 0 Å². The van der Waals surface area contributed by atoms with Crippen molar-refractivity contribution in [3.63, 3.8) is 0 Å². The molecule has 1 saturated heterocycles. The second-order valence-electron chi connectivity index (χ2n) is 6.49. The number of morpholine rings is 1. The second kappa shape index (κ2) is 8.59. The largest absolute Gasteiger partial charge is 0.497 e. The number of benzene rings is 2. The lowest BCUT2D eigenvalue weighted by Crippen LogP contribution is -2.36. The van der Waals surface area contributed by atoms with Gasteiger partial charge in [-0.15, -0.1) is 11.3 Å². The van der Waals surface area contributed by atoms with E-state index in [2.05, 4.69) is 10.3 Å². The molecule has 1 N–H and O–H groups in total. The molecule has 8 heteroatoms. The molecule has 0 unspecified atom stereocenters. The predicted molar refractivity (Wildman–Crippen MR) is 111 cm³/mol. The lowest BCUT2D eigenvalue weighted by Gasteiger charge is -2.29. The highest BCUT2D eigenvalue weighted by molar-refractivity contribution is 7.13. The number of carbonyl (C=O) groups is 1. The molecule has 29 heavy (non-hydrogen) atoms. The van der Waals surface area contributed by atoms with Gasteiger partial charge in [0.25, 0.3) is 5.91 Å². The quantitative estimate of drug-likeness (QED) is 0.684. The summed E-state index contributed by atoms with van der Waals surface area (Å²) in [6, 6.07) is 12.2. The van der Waals surface area contributed by atoms with E-state index in [4.69, 9.17) is 9.47 Å². The van der Waals surface area contributed by atoms with Crippen molar-refractivity contribution in [3.05, 3.63) is 59.4 Å². The van der Waals surface area contributed by atoms with Crippen LogP contribution in [0.2, 0.25) is 0 Å². The molecule has 0 spiro atoms. The molecule has 1 aliphatic heterocycles. The zero-order valence-electron chi connectivity index (χ0n) is 15.9.